The van der Waals surface area contributed by atoms with Gasteiger partial charge in [-0.05, 0) is 39.6 Å². The third-order valence-electron chi connectivity index (χ3n) is 4.94. The molecule has 0 aromatic carbocycles. The van der Waals surface area contributed by atoms with Crippen LogP contribution in [0.1, 0.15) is 92.4 Å². The molecule has 3 heteroatoms. The van der Waals surface area contributed by atoms with Crippen molar-refractivity contribution in [3.8, 4) is 0 Å². The molecule has 0 saturated carbocycles. The van der Waals surface area contributed by atoms with Gasteiger partial charge in [-0.2, -0.15) is 0 Å². The molecule has 0 bridgehead atoms. The summed E-state index contributed by atoms with van der Waals surface area (Å²) in [6.45, 7) is 14.8. The maximum absolute atomic E-state index is 6.03. The Morgan fingerprint density at radius 1 is 0.810 bits per heavy atom. The Hall–Kier alpha value is -0.275. The molecule has 122 valence electrons. The fourth-order valence-corrected chi connectivity index (χ4v) is 2.61. The molecule has 1 heterocycles. The first kappa shape index (κ1) is 18.8. The molecule has 0 unspecified atom stereocenters. The summed E-state index contributed by atoms with van der Waals surface area (Å²) in [7, 11) is -0.223. The summed E-state index contributed by atoms with van der Waals surface area (Å²) < 4.78 is 12.1. The lowest BCUT2D eigenvalue weighted by atomic mass is 9.76. The smallest absolute Gasteiger partial charge is 0.400 e. The molecule has 0 radical (unpaired) electrons. The molecule has 1 rings (SSSR count). The number of allylic oxidation sites excluding steroid dienone is 1. The van der Waals surface area contributed by atoms with Gasteiger partial charge in [0.15, 0.2) is 0 Å². The SMILES string of the molecule is C=C(CCCCCCCCCC)B1OC(C)(C)C(C)(C)O1. The maximum Gasteiger partial charge on any atom is 0.489 e. The van der Waals surface area contributed by atoms with E-state index in [1.165, 1.54) is 51.4 Å². The van der Waals surface area contributed by atoms with Crippen LogP contribution < -0.4 is 0 Å². The minimum absolute atomic E-state index is 0.223. The fourth-order valence-electron chi connectivity index (χ4n) is 2.61. The first-order chi connectivity index (χ1) is 9.80. The van der Waals surface area contributed by atoms with Crippen molar-refractivity contribution >= 4 is 7.12 Å². The van der Waals surface area contributed by atoms with Crippen LogP contribution in [0.15, 0.2) is 12.1 Å². The highest BCUT2D eigenvalue weighted by molar-refractivity contribution is 6.54. The second-order valence-corrected chi connectivity index (χ2v) is 7.47. The first-order valence-electron chi connectivity index (χ1n) is 8.83. The standard InChI is InChI=1S/C18H35BO2/c1-7-8-9-10-11-12-13-14-15-16(2)19-20-17(3,4)18(5,6)21-19/h2,7-15H2,1,3-6H3. The zero-order chi connectivity index (χ0) is 15.9. The lowest BCUT2D eigenvalue weighted by molar-refractivity contribution is 0.00578. The molecule has 0 aliphatic carbocycles. The Morgan fingerprint density at radius 2 is 1.24 bits per heavy atom. The van der Waals surface area contributed by atoms with Crippen molar-refractivity contribution in [2.24, 2.45) is 0 Å². The average Bonchev–Trinajstić information content (AvgIpc) is 2.61. The van der Waals surface area contributed by atoms with E-state index in [9.17, 15) is 0 Å². The van der Waals surface area contributed by atoms with Gasteiger partial charge in [-0.15, -0.1) is 6.58 Å². The van der Waals surface area contributed by atoms with Crippen molar-refractivity contribution in [1.82, 2.24) is 0 Å². The van der Waals surface area contributed by atoms with Gasteiger partial charge >= 0.3 is 7.12 Å². The highest BCUT2D eigenvalue weighted by atomic mass is 16.7. The van der Waals surface area contributed by atoms with Crippen LogP contribution in [0.2, 0.25) is 0 Å². The Labute approximate surface area is 132 Å². The van der Waals surface area contributed by atoms with Crippen molar-refractivity contribution in [2.45, 2.75) is 104 Å². The van der Waals surface area contributed by atoms with E-state index in [-0.39, 0.29) is 18.3 Å². The number of hydrogen-bond acceptors (Lipinski definition) is 2. The molecule has 1 fully saturated rings. The molecular formula is C18H35BO2. The zero-order valence-electron chi connectivity index (χ0n) is 15.0. The van der Waals surface area contributed by atoms with Crippen LogP contribution in [0.4, 0.5) is 0 Å². The summed E-state index contributed by atoms with van der Waals surface area (Å²) in [6, 6.07) is 0. The summed E-state index contributed by atoms with van der Waals surface area (Å²) in [4.78, 5) is 0. The third-order valence-corrected chi connectivity index (χ3v) is 4.94. The van der Waals surface area contributed by atoms with E-state index in [0.29, 0.717) is 0 Å². The van der Waals surface area contributed by atoms with E-state index in [1.807, 2.05) is 0 Å². The largest absolute Gasteiger partial charge is 0.489 e. The first-order valence-corrected chi connectivity index (χ1v) is 8.83. The van der Waals surface area contributed by atoms with Gasteiger partial charge in [0.1, 0.15) is 0 Å². The summed E-state index contributed by atoms with van der Waals surface area (Å²) >= 11 is 0. The van der Waals surface area contributed by atoms with Gasteiger partial charge in [-0.3, -0.25) is 0 Å². The summed E-state index contributed by atoms with van der Waals surface area (Å²) in [5.41, 5.74) is 0.597. The zero-order valence-corrected chi connectivity index (χ0v) is 15.0. The Bertz CT molecular complexity index is 307. The molecule has 1 aliphatic rings. The van der Waals surface area contributed by atoms with E-state index < -0.39 is 0 Å². The molecular weight excluding hydrogens is 259 g/mol. The minimum Gasteiger partial charge on any atom is -0.400 e. The van der Waals surface area contributed by atoms with Gasteiger partial charge in [-0.25, -0.2) is 0 Å². The summed E-state index contributed by atoms with van der Waals surface area (Å²) in [5.74, 6) is 0. The van der Waals surface area contributed by atoms with Gasteiger partial charge in [0.05, 0.1) is 11.2 Å². The second kappa shape index (κ2) is 8.38. The van der Waals surface area contributed by atoms with Gasteiger partial charge in [-0.1, -0.05) is 58.3 Å². The quantitative estimate of drug-likeness (QED) is 0.380. The molecule has 0 spiro atoms. The van der Waals surface area contributed by atoms with Crippen LogP contribution in [-0.2, 0) is 9.31 Å². The molecule has 1 aliphatic heterocycles. The molecule has 0 aromatic rings. The van der Waals surface area contributed by atoms with Crippen molar-refractivity contribution in [2.75, 3.05) is 0 Å². The lowest BCUT2D eigenvalue weighted by Gasteiger charge is -2.32. The number of rotatable bonds is 10. The van der Waals surface area contributed by atoms with Crippen LogP contribution in [0.3, 0.4) is 0 Å². The van der Waals surface area contributed by atoms with Crippen LogP contribution in [0, 0.1) is 0 Å². The van der Waals surface area contributed by atoms with Crippen molar-refractivity contribution in [3.63, 3.8) is 0 Å². The summed E-state index contributed by atoms with van der Waals surface area (Å²) in [5, 5.41) is 0. The predicted octanol–water partition coefficient (Wildman–Crippen LogP) is 5.70. The van der Waals surface area contributed by atoms with Crippen LogP contribution in [0.5, 0.6) is 0 Å². The average molecular weight is 294 g/mol. The van der Waals surface area contributed by atoms with E-state index in [1.54, 1.807) is 0 Å². The van der Waals surface area contributed by atoms with Crippen LogP contribution >= 0.6 is 0 Å². The minimum atomic E-state index is -0.250. The van der Waals surface area contributed by atoms with Gasteiger partial charge < -0.3 is 9.31 Å². The second-order valence-electron chi connectivity index (χ2n) is 7.47. The molecule has 0 amide bonds. The molecule has 0 aromatic heterocycles. The fraction of sp³-hybridized carbons (Fsp3) is 0.889. The number of hydrogen-bond donors (Lipinski definition) is 0. The molecule has 1 saturated heterocycles. The van der Waals surface area contributed by atoms with Gasteiger partial charge in [0.25, 0.3) is 0 Å². The highest BCUT2D eigenvalue weighted by Crippen LogP contribution is 2.38. The third kappa shape index (κ3) is 5.79. The van der Waals surface area contributed by atoms with Crippen molar-refractivity contribution in [1.29, 1.82) is 0 Å². The normalized spacial score (nSPS) is 20.0. The van der Waals surface area contributed by atoms with Crippen molar-refractivity contribution < 1.29 is 9.31 Å². The predicted molar refractivity (Wildman–Crippen MR) is 92.4 cm³/mol. The van der Waals surface area contributed by atoms with E-state index >= 15 is 0 Å². The van der Waals surface area contributed by atoms with Crippen LogP contribution in [-0.4, -0.2) is 18.3 Å². The Kier molecular flexibility index (Phi) is 7.49. The Balaban J connectivity index is 2.13. The number of unbranched alkanes of at least 4 members (excludes halogenated alkanes) is 7. The lowest BCUT2D eigenvalue weighted by Crippen LogP contribution is -2.41. The van der Waals surface area contributed by atoms with E-state index in [0.717, 1.165) is 11.9 Å². The van der Waals surface area contributed by atoms with Gasteiger partial charge in [0, 0.05) is 0 Å². The topological polar surface area (TPSA) is 18.5 Å². The van der Waals surface area contributed by atoms with Crippen LogP contribution in [0.25, 0.3) is 0 Å². The van der Waals surface area contributed by atoms with Gasteiger partial charge in [0.2, 0.25) is 0 Å². The monoisotopic (exact) mass is 294 g/mol. The van der Waals surface area contributed by atoms with E-state index in [2.05, 4.69) is 41.2 Å². The Morgan fingerprint density at radius 3 is 1.71 bits per heavy atom. The summed E-state index contributed by atoms with van der Waals surface area (Å²) in [6.07, 6.45) is 11.8. The highest BCUT2D eigenvalue weighted by Gasteiger charge is 2.51. The molecule has 2 nitrogen and oxygen atoms in total. The molecule has 0 N–H and O–H groups in total. The van der Waals surface area contributed by atoms with Crippen molar-refractivity contribution in [3.05, 3.63) is 12.1 Å². The van der Waals surface area contributed by atoms with E-state index in [4.69, 9.17) is 9.31 Å². The molecule has 0 atom stereocenters. The molecule has 21 heavy (non-hydrogen) atoms. The maximum atomic E-state index is 6.03.